The molecular weight excluding hydrogens is 243 g/mol. The first-order chi connectivity index (χ1) is 9.05. The smallest absolute Gasteiger partial charge is 0.125 e. The molecule has 2 aromatic rings. The van der Waals surface area contributed by atoms with E-state index in [0.717, 1.165) is 0 Å². The number of hydrogen-bond acceptors (Lipinski definition) is 2. The lowest BCUT2D eigenvalue weighted by molar-refractivity contribution is 0.0977. The van der Waals surface area contributed by atoms with E-state index >= 15 is 0 Å². The zero-order chi connectivity index (χ0) is 13.9. The predicted octanol–water partition coefficient (Wildman–Crippen LogP) is 3.48. The first-order valence-corrected chi connectivity index (χ1v) is 6.26. The van der Waals surface area contributed by atoms with Gasteiger partial charge in [-0.05, 0) is 37.6 Å². The number of aliphatic hydroxyl groups is 1. The topological polar surface area (TPSA) is 29.5 Å². The van der Waals surface area contributed by atoms with Crippen LogP contribution in [0.2, 0.25) is 0 Å². The van der Waals surface area contributed by atoms with Gasteiger partial charge in [-0.1, -0.05) is 30.3 Å². The van der Waals surface area contributed by atoms with Crippen molar-refractivity contribution in [2.24, 2.45) is 0 Å². The van der Waals surface area contributed by atoms with E-state index in [1.165, 1.54) is 12.1 Å². The summed E-state index contributed by atoms with van der Waals surface area (Å²) in [7, 11) is 0. The minimum Gasteiger partial charge on any atom is -0.493 e. The predicted molar refractivity (Wildman–Crippen MR) is 72.7 cm³/mol. The maximum absolute atomic E-state index is 13.3. The molecule has 0 saturated heterocycles. The second kappa shape index (κ2) is 5.41. The third-order valence-corrected chi connectivity index (χ3v) is 3.10. The summed E-state index contributed by atoms with van der Waals surface area (Å²) in [6.45, 7) is 4.03. The molecule has 0 fully saturated rings. The molecule has 1 unspecified atom stereocenters. The highest BCUT2D eigenvalue weighted by Gasteiger charge is 2.29. The number of benzene rings is 2. The maximum atomic E-state index is 13.3. The molecule has 2 nitrogen and oxygen atoms in total. The SMILES string of the molecule is CCOc1ccccc1C(C)(O)c1cccc(F)c1. The number of ether oxygens (including phenoxy) is 1. The normalized spacial score (nSPS) is 13.9. The lowest BCUT2D eigenvalue weighted by Crippen LogP contribution is -2.24. The highest BCUT2D eigenvalue weighted by Crippen LogP contribution is 2.35. The van der Waals surface area contributed by atoms with Gasteiger partial charge in [0.25, 0.3) is 0 Å². The molecular formula is C16H17FO2. The highest BCUT2D eigenvalue weighted by molar-refractivity contribution is 5.44. The molecule has 0 heterocycles. The quantitative estimate of drug-likeness (QED) is 0.912. The molecule has 0 bridgehead atoms. The monoisotopic (exact) mass is 260 g/mol. The van der Waals surface area contributed by atoms with E-state index in [2.05, 4.69) is 0 Å². The van der Waals surface area contributed by atoms with Gasteiger partial charge >= 0.3 is 0 Å². The van der Waals surface area contributed by atoms with Gasteiger partial charge < -0.3 is 9.84 Å². The highest BCUT2D eigenvalue weighted by atomic mass is 19.1. The first-order valence-electron chi connectivity index (χ1n) is 6.26. The molecule has 0 radical (unpaired) electrons. The molecule has 19 heavy (non-hydrogen) atoms. The van der Waals surface area contributed by atoms with E-state index in [-0.39, 0.29) is 5.82 Å². The third-order valence-electron chi connectivity index (χ3n) is 3.10. The molecule has 0 amide bonds. The molecule has 0 aromatic heterocycles. The standard InChI is InChI=1S/C16H17FO2/c1-3-19-15-10-5-4-9-14(15)16(2,18)12-7-6-8-13(17)11-12/h4-11,18H,3H2,1-2H3. The van der Waals surface area contributed by atoms with Crippen molar-refractivity contribution in [3.05, 3.63) is 65.5 Å². The van der Waals surface area contributed by atoms with Gasteiger partial charge in [0, 0.05) is 5.56 Å². The molecule has 1 atom stereocenters. The van der Waals surface area contributed by atoms with Crippen LogP contribution in [0.25, 0.3) is 0 Å². The fourth-order valence-corrected chi connectivity index (χ4v) is 2.10. The summed E-state index contributed by atoms with van der Waals surface area (Å²) in [5.74, 6) is 0.242. The number of hydrogen-bond donors (Lipinski definition) is 1. The Balaban J connectivity index is 2.50. The van der Waals surface area contributed by atoms with E-state index in [9.17, 15) is 9.50 Å². The van der Waals surface area contributed by atoms with Crippen LogP contribution in [-0.2, 0) is 5.60 Å². The maximum Gasteiger partial charge on any atom is 0.125 e. The van der Waals surface area contributed by atoms with Gasteiger partial charge in [-0.15, -0.1) is 0 Å². The summed E-state index contributed by atoms with van der Waals surface area (Å²) in [6.07, 6.45) is 0. The number of rotatable bonds is 4. The van der Waals surface area contributed by atoms with Gasteiger partial charge in [0.15, 0.2) is 0 Å². The first kappa shape index (κ1) is 13.6. The van der Waals surface area contributed by atoms with Crippen LogP contribution in [-0.4, -0.2) is 11.7 Å². The van der Waals surface area contributed by atoms with E-state index < -0.39 is 5.60 Å². The van der Waals surface area contributed by atoms with Crippen molar-refractivity contribution in [1.82, 2.24) is 0 Å². The molecule has 0 saturated carbocycles. The van der Waals surface area contributed by atoms with Crippen molar-refractivity contribution < 1.29 is 14.2 Å². The Labute approximate surface area is 112 Å². The van der Waals surface area contributed by atoms with Gasteiger partial charge in [0.2, 0.25) is 0 Å². The van der Waals surface area contributed by atoms with Crippen molar-refractivity contribution in [3.63, 3.8) is 0 Å². The average Bonchev–Trinajstić information content (AvgIpc) is 2.39. The summed E-state index contributed by atoms with van der Waals surface area (Å²) >= 11 is 0. The summed E-state index contributed by atoms with van der Waals surface area (Å²) in [6, 6.07) is 13.2. The van der Waals surface area contributed by atoms with Crippen molar-refractivity contribution >= 4 is 0 Å². The van der Waals surface area contributed by atoms with Crippen LogP contribution < -0.4 is 4.74 Å². The molecule has 100 valence electrons. The van der Waals surface area contributed by atoms with E-state index in [4.69, 9.17) is 4.74 Å². The second-order valence-corrected chi connectivity index (χ2v) is 4.51. The summed E-state index contributed by atoms with van der Waals surface area (Å²) in [5.41, 5.74) is -0.171. The molecule has 2 aromatic carbocycles. The molecule has 0 aliphatic carbocycles. The summed E-state index contributed by atoms with van der Waals surface area (Å²) in [5, 5.41) is 10.7. The van der Waals surface area contributed by atoms with E-state index in [1.54, 1.807) is 31.2 Å². The van der Waals surface area contributed by atoms with Crippen LogP contribution in [0, 0.1) is 5.82 Å². The van der Waals surface area contributed by atoms with Crippen molar-refractivity contribution in [2.75, 3.05) is 6.61 Å². The minimum absolute atomic E-state index is 0.369. The van der Waals surface area contributed by atoms with Crippen molar-refractivity contribution in [1.29, 1.82) is 0 Å². The fourth-order valence-electron chi connectivity index (χ4n) is 2.10. The Bertz CT molecular complexity index is 564. The van der Waals surface area contributed by atoms with Gasteiger partial charge in [-0.2, -0.15) is 0 Å². The molecule has 3 heteroatoms. The largest absolute Gasteiger partial charge is 0.493 e. The number of halogens is 1. The minimum atomic E-state index is -1.30. The third kappa shape index (κ3) is 2.76. The Kier molecular flexibility index (Phi) is 3.86. The van der Waals surface area contributed by atoms with Crippen LogP contribution in [0.5, 0.6) is 5.75 Å². The van der Waals surface area contributed by atoms with Crippen molar-refractivity contribution in [3.8, 4) is 5.75 Å². The van der Waals surface area contributed by atoms with Crippen LogP contribution in [0.1, 0.15) is 25.0 Å². The second-order valence-electron chi connectivity index (χ2n) is 4.51. The average molecular weight is 260 g/mol. The van der Waals surface area contributed by atoms with Gasteiger partial charge in [-0.3, -0.25) is 0 Å². The lowest BCUT2D eigenvalue weighted by atomic mass is 9.87. The Hall–Kier alpha value is -1.87. The number of para-hydroxylation sites is 1. The molecule has 0 spiro atoms. The van der Waals surface area contributed by atoms with E-state index in [1.807, 2.05) is 19.1 Å². The Morgan fingerprint density at radius 2 is 1.89 bits per heavy atom. The van der Waals surface area contributed by atoms with Crippen LogP contribution in [0.3, 0.4) is 0 Å². The fraction of sp³-hybridized carbons (Fsp3) is 0.250. The zero-order valence-corrected chi connectivity index (χ0v) is 11.1. The Morgan fingerprint density at radius 3 is 2.58 bits per heavy atom. The van der Waals surface area contributed by atoms with Crippen LogP contribution in [0.4, 0.5) is 4.39 Å². The molecule has 2 rings (SSSR count). The molecule has 1 N–H and O–H groups in total. The van der Waals surface area contributed by atoms with Crippen LogP contribution in [0.15, 0.2) is 48.5 Å². The van der Waals surface area contributed by atoms with Gasteiger partial charge in [0.05, 0.1) is 6.61 Å². The zero-order valence-electron chi connectivity index (χ0n) is 11.1. The summed E-state index contributed by atoms with van der Waals surface area (Å²) in [4.78, 5) is 0. The van der Waals surface area contributed by atoms with Crippen LogP contribution >= 0.6 is 0 Å². The summed E-state index contributed by atoms with van der Waals surface area (Å²) < 4.78 is 18.8. The lowest BCUT2D eigenvalue weighted by Gasteiger charge is -2.26. The Morgan fingerprint density at radius 1 is 1.16 bits per heavy atom. The van der Waals surface area contributed by atoms with Gasteiger partial charge in [0.1, 0.15) is 17.2 Å². The molecule has 0 aliphatic heterocycles. The van der Waals surface area contributed by atoms with Gasteiger partial charge in [-0.25, -0.2) is 4.39 Å². The molecule has 0 aliphatic rings. The van der Waals surface area contributed by atoms with E-state index in [0.29, 0.717) is 23.5 Å². The van der Waals surface area contributed by atoms with Crippen molar-refractivity contribution in [2.45, 2.75) is 19.4 Å².